The number of hydrogen-bond donors (Lipinski definition) is 2. The van der Waals surface area contributed by atoms with Gasteiger partial charge in [0.25, 0.3) is 5.56 Å². The van der Waals surface area contributed by atoms with Gasteiger partial charge in [-0.15, -0.1) is 0 Å². The third-order valence-electron chi connectivity index (χ3n) is 3.32. The fourth-order valence-corrected chi connectivity index (χ4v) is 2.36. The number of nitrogens with zero attached hydrogens (tertiary/aromatic N) is 2. The molecule has 2 aromatic carbocycles. The van der Waals surface area contributed by atoms with Crippen LogP contribution < -0.4 is 11.3 Å². The lowest BCUT2D eigenvalue weighted by molar-refractivity contribution is 0.480. The molecule has 0 bridgehead atoms. The molecule has 3 N–H and O–H groups in total. The highest BCUT2D eigenvalue weighted by Gasteiger charge is 2.17. The quantitative estimate of drug-likeness (QED) is 0.754. The Morgan fingerprint density at radius 3 is 2.52 bits per heavy atom. The van der Waals surface area contributed by atoms with E-state index >= 15 is 0 Å². The van der Waals surface area contributed by atoms with Crippen LogP contribution in [0.1, 0.15) is 18.8 Å². The Morgan fingerprint density at radius 1 is 1.14 bits per heavy atom. The molecule has 1 heterocycles. The van der Waals surface area contributed by atoms with Gasteiger partial charge in [-0.1, -0.05) is 24.3 Å². The Balaban J connectivity index is 2.47. The third kappa shape index (κ3) is 2.17. The molecule has 0 saturated carbocycles. The normalized spacial score (nSPS) is 12.5. The van der Waals surface area contributed by atoms with E-state index < -0.39 is 6.04 Å². The number of aromatic hydroxyl groups is 1. The zero-order valence-electron chi connectivity index (χ0n) is 11.5. The Labute approximate surface area is 121 Å². The molecule has 1 atom stereocenters. The summed E-state index contributed by atoms with van der Waals surface area (Å²) in [7, 11) is 0. The molecule has 3 rings (SSSR count). The minimum atomic E-state index is -0.412. The van der Waals surface area contributed by atoms with Gasteiger partial charge in [0.05, 0.1) is 17.2 Å². The van der Waals surface area contributed by atoms with Crippen LogP contribution in [-0.4, -0.2) is 14.7 Å². The number of fused-ring (bicyclic) bond motifs is 1. The maximum Gasteiger partial charge on any atom is 0.269 e. The van der Waals surface area contributed by atoms with Gasteiger partial charge >= 0.3 is 0 Å². The molecule has 0 aliphatic heterocycles. The first kappa shape index (κ1) is 13.3. The van der Waals surface area contributed by atoms with Gasteiger partial charge in [-0.3, -0.25) is 9.36 Å². The van der Waals surface area contributed by atoms with Crippen LogP contribution in [0.25, 0.3) is 16.6 Å². The lowest BCUT2D eigenvalue weighted by Gasteiger charge is -2.16. The molecule has 0 fully saturated rings. The van der Waals surface area contributed by atoms with Crippen molar-refractivity contribution in [1.82, 2.24) is 9.55 Å². The highest BCUT2D eigenvalue weighted by atomic mass is 16.3. The minimum Gasteiger partial charge on any atom is -0.507 e. The summed E-state index contributed by atoms with van der Waals surface area (Å²) >= 11 is 0. The van der Waals surface area contributed by atoms with Crippen molar-refractivity contribution in [3.8, 4) is 11.4 Å². The average molecular weight is 281 g/mol. The lowest BCUT2D eigenvalue weighted by Crippen LogP contribution is -2.27. The van der Waals surface area contributed by atoms with Crippen LogP contribution in [0, 0.1) is 0 Å². The predicted octanol–water partition coefficient (Wildman–Crippen LogP) is 2.11. The number of nitrogens with two attached hydrogens (primary N) is 1. The highest BCUT2D eigenvalue weighted by Crippen LogP contribution is 2.22. The molecule has 0 aliphatic rings. The number of rotatable bonds is 2. The topological polar surface area (TPSA) is 81.1 Å². The Bertz CT molecular complexity index is 855. The second-order valence-corrected chi connectivity index (χ2v) is 4.91. The zero-order valence-corrected chi connectivity index (χ0v) is 11.5. The summed E-state index contributed by atoms with van der Waals surface area (Å²) in [6.07, 6.45) is 0. The summed E-state index contributed by atoms with van der Waals surface area (Å²) in [4.78, 5) is 17.2. The van der Waals surface area contributed by atoms with Gasteiger partial charge in [0.2, 0.25) is 0 Å². The molecular formula is C16H15N3O2. The largest absolute Gasteiger partial charge is 0.507 e. The molecule has 5 heteroatoms. The summed E-state index contributed by atoms with van der Waals surface area (Å²) in [5.74, 6) is 0.384. The van der Waals surface area contributed by atoms with Crippen molar-refractivity contribution in [3.63, 3.8) is 0 Å². The molecule has 5 nitrogen and oxygen atoms in total. The second-order valence-electron chi connectivity index (χ2n) is 4.91. The van der Waals surface area contributed by atoms with E-state index in [1.165, 1.54) is 10.6 Å². The SMILES string of the molecule is CC(N)c1nc2cccc(O)c2c(=O)n1-c1ccccc1. The van der Waals surface area contributed by atoms with Crippen molar-refractivity contribution in [2.24, 2.45) is 5.73 Å². The van der Waals surface area contributed by atoms with Crippen molar-refractivity contribution in [2.45, 2.75) is 13.0 Å². The summed E-state index contributed by atoms with van der Waals surface area (Å²) in [5.41, 5.74) is 6.76. The molecule has 1 aromatic heterocycles. The van der Waals surface area contributed by atoms with Crippen LogP contribution in [0.4, 0.5) is 0 Å². The minimum absolute atomic E-state index is 0.0779. The first-order chi connectivity index (χ1) is 10.1. The van der Waals surface area contributed by atoms with Crippen molar-refractivity contribution in [3.05, 3.63) is 64.7 Å². The number of aromatic nitrogens is 2. The van der Waals surface area contributed by atoms with Crippen molar-refractivity contribution >= 4 is 10.9 Å². The van der Waals surface area contributed by atoms with E-state index in [-0.39, 0.29) is 16.7 Å². The van der Waals surface area contributed by atoms with E-state index in [1.807, 2.05) is 18.2 Å². The van der Waals surface area contributed by atoms with Crippen molar-refractivity contribution in [1.29, 1.82) is 0 Å². The predicted molar refractivity (Wildman–Crippen MR) is 81.6 cm³/mol. The van der Waals surface area contributed by atoms with Gasteiger partial charge in [-0.05, 0) is 31.2 Å². The van der Waals surface area contributed by atoms with Crippen LogP contribution in [-0.2, 0) is 0 Å². The maximum absolute atomic E-state index is 12.8. The van der Waals surface area contributed by atoms with Gasteiger partial charge < -0.3 is 10.8 Å². The number of hydrogen-bond acceptors (Lipinski definition) is 4. The van der Waals surface area contributed by atoms with E-state index in [2.05, 4.69) is 4.98 Å². The molecule has 0 aliphatic carbocycles. The van der Waals surface area contributed by atoms with E-state index in [4.69, 9.17) is 5.73 Å². The number of benzene rings is 2. The maximum atomic E-state index is 12.8. The van der Waals surface area contributed by atoms with Crippen LogP contribution in [0.2, 0.25) is 0 Å². The molecule has 0 radical (unpaired) electrons. The molecule has 0 amide bonds. The van der Waals surface area contributed by atoms with E-state index in [9.17, 15) is 9.90 Å². The van der Waals surface area contributed by atoms with Gasteiger partial charge in [0.1, 0.15) is 17.0 Å². The first-order valence-electron chi connectivity index (χ1n) is 6.65. The average Bonchev–Trinajstić information content (AvgIpc) is 2.47. The fraction of sp³-hybridized carbons (Fsp3) is 0.125. The summed E-state index contributed by atoms with van der Waals surface area (Å²) in [6.45, 7) is 1.77. The Hall–Kier alpha value is -2.66. The smallest absolute Gasteiger partial charge is 0.269 e. The molecule has 0 spiro atoms. The van der Waals surface area contributed by atoms with Crippen LogP contribution in [0.5, 0.6) is 5.75 Å². The van der Waals surface area contributed by atoms with E-state index in [0.717, 1.165) is 0 Å². The van der Waals surface area contributed by atoms with Crippen LogP contribution in [0.15, 0.2) is 53.3 Å². The standard InChI is InChI=1S/C16H15N3O2/c1-10(17)15-18-12-8-5-9-13(20)14(12)16(21)19(15)11-6-3-2-4-7-11/h2-10,20H,17H2,1H3. The molecule has 3 aromatic rings. The molecule has 21 heavy (non-hydrogen) atoms. The molecule has 106 valence electrons. The third-order valence-corrected chi connectivity index (χ3v) is 3.32. The van der Waals surface area contributed by atoms with E-state index in [1.54, 1.807) is 31.2 Å². The summed E-state index contributed by atoms with van der Waals surface area (Å²) in [6, 6.07) is 13.6. The van der Waals surface area contributed by atoms with Gasteiger partial charge in [-0.2, -0.15) is 0 Å². The number of phenols is 1. The molecule has 1 unspecified atom stereocenters. The monoisotopic (exact) mass is 281 g/mol. The number of para-hydroxylation sites is 1. The molecule has 0 saturated heterocycles. The zero-order chi connectivity index (χ0) is 15.0. The lowest BCUT2D eigenvalue weighted by atomic mass is 10.2. The van der Waals surface area contributed by atoms with Gasteiger partial charge in [-0.25, -0.2) is 4.98 Å². The second kappa shape index (κ2) is 5.03. The highest BCUT2D eigenvalue weighted by molar-refractivity contribution is 5.84. The number of phenolic OH excluding ortho intramolecular Hbond substituents is 1. The Kier molecular flexibility index (Phi) is 3.19. The fourth-order valence-electron chi connectivity index (χ4n) is 2.36. The van der Waals surface area contributed by atoms with Crippen LogP contribution in [0.3, 0.4) is 0 Å². The summed E-state index contributed by atoms with van der Waals surface area (Å²) < 4.78 is 1.45. The van der Waals surface area contributed by atoms with E-state index in [0.29, 0.717) is 17.0 Å². The molecular weight excluding hydrogens is 266 g/mol. The van der Waals surface area contributed by atoms with Crippen molar-refractivity contribution in [2.75, 3.05) is 0 Å². The van der Waals surface area contributed by atoms with Gasteiger partial charge in [0, 0.05) is 0 Å². The summed E-state index contributed by atoms with van der Waals surface area (Å²) in [5, 5.41) is 10.2. The van der Waals surface area contributed by atoms with Crippen LogP contribution >= 0.6 is 0 Å². The first-order valence-corrected chi connectivity index (χ1v) is 6.65. The Morgan fingerprint density at radius 2 is 1.86 bits per heavy atom. The van der Waals surface area contributed by atoms with Crippen molar-refractivity contribution < 1.29 is 5.11 Å². The van der Waals surface area contributed by atoms with Gasteiger partial charge in [0.15, 0.2) is 0 Å².